The molecule has 110 valence electrons. The van der Waals surface area contributed by atoms with Crippen molar-refractivity contribution in [1.82, 2.24) is 4.90 Å². The second kappa shape index (κ2) is 6.01. The molecular formula is C16H19N3O2. The molecule has 1 amide bonds. The molecule has 2 aromatic rings. The second-order valence-electron chi connectivity index (χ2n) is 5.25. The average molecular weight is 285 g/mol. The number of carbonyl (C=O) groups is 1. The normalized spacial score (nSPS) is 16.1. The highest BCUT2D eigenvalue weighted by molar-refractivity contribution is 5.93. The van der Waals surface area contributed by atoms with Gasteiger partial charge < -0.3 is 15.1 Å². The van der Waals surface area contributed by atoms with Crippen LogP contribution in [0.4, 0.5) is 5.69 Å². The Labute approximate surface area is 123 Å². The standard InChI is InChI=1S/C16H19N3O2/c17-16(20)13-3-5-14(6-4-13)19-9-7-18(8-10-19)12-15-2-1-11-21-15/h1-6,11H,7-10,12H2,(H2,17,20). The Kier molecular flexibility index (Phi) is 3.92. The molecule has 1 aromatic heterocycles. The van der Waals surface area contributed by atoms with Crippen molar-refractivity contribution in [3.05, 3.63) is 54.0 Å². The van der Waals surface area contributed by atoms with Gasteiger partial charge in [0.25, 0.3) is 0 Å². The number of carbonyl (C=O) groups excluding carboxylic acids is 1. The molecule has 3 rings (SSSR count). The molecule has 1 aromatic carbocycles. The van der Waals surface area contributed by atoms with Crippen LogP contribution >= 0.6 is 0 Å². The first kappa shape index (κ1) is 13.7. The average Bonchev–Trinajstić information content (AvgIpc) is 3.01. The molecule has 21 heavy (non-hydrogen) atoms. The molecule has 0 radical (unpaired) electrons. The number of benzene rings is 1. The number of furan rings is 1. The molecule has 0 bridgehead atoms. The molecule has 1 aliphatic rings. The smallest absolute Gasteiger partial charge is 0.248 e. The van der Waals surface area contributed by atoms with E-state index in [0.29, 0.717) is 5.56 Å². The number of rotatable bonds is 4. The van der Waals surface area contributed by atoms with Crippen LogP contribution in [0.3, 0.4) is 0 Å². The Morgan fingerprint density at radius 1 is 1.10 bits per heavy atom. The van der Waals surface area contributed by atoms with Crippen LogP contribution in [0.25, 0.3) is 0 Å². The molecule has 2 heterocycles. The zero-order valence-electron chi connectivity index (χ0n) is 11.9. The highest BCUT2D eigenvalue weighted by Crippen LogP contribution is 2.18. The van der Waals surface area contributed by atoms with E-state index in [1.807, 2.05) is 24.3 Å². The van der Waals surface area contributed by atoms with Gasteiger partial charge in [-0.2, -0.15) is 0 Å². The molecule has 1 saturated heterocycles. The number of hydrogen-bond donors (Lipinski definition) is 1. The topological polar surface area (TPSA) is 62.7 Å². The van der Waals surface area contributed by atoms with E-state index in [4.69, 9.17) is 10.2 Å². The van der Waals surface area contributed by atoms with Crippen molar-refractivity contribution in [2.75, 3.05) is 31.1 Å². The summed E-state index contributed by atoms with van der Waals surface area (Å²) < 4.78 is 5.38. The lowest BCUT2D eigenvalue weighted by atomic mass is 10.1. The fraction of sp³-hybridized carbons (Fsp3) is 0.312. The van der Waals surface area contributed by atoms with E-state index in [2.05, 4.69) is 9.80 Å². The molecule has 5 heteroatoms. The summed E-state index contributed by atoms with van der Waals surface area (Å²) >= 11 is 0. The number of nitrogens with zero attached hydrogens (tertiary/aromatic N) is 2. The third-order valence-electron chi connectivity index (χ3n) is 3.85. The Bertz CT molecular complexity index is 584. The van der Waals surface area contributed by atoms with Crippen molar-refractivity contribution in [3.63, 3.8) is 0 Å². The van der Waals surface area contributed by atoms with Gasteiger partial charge in [-0.15, -0.1) is 0 Å². The van der Waals surface area contributed by atoms with Crippen LogP contribution in [0.5, 0.6) is 0 Å². The van der Waals surface area contributed by atoms with E-state index < -0.39 is 0 Å². The monoisotopic (exact) mass is 285 g/mol. The molecule has 1 fully saturated rings. The van der Waals surface area contributed by atoms with Gasteiger partial charge in [-0.05, 0) is 36.4 Å². The number of nitrogens with two attached hydrogens (primary N) is 1. The van der Waals surface area contributed by atoms with Crippen LogP contribution in [0.1, 0.15) is 16.1 Å². The number of piperazine rings is 1. The predicted molar refractivity (Wildman–Crippen MR) is 81.2 cm³/mol. The summed E-state index contributed by atoms with van der Waals surface area (Å²) in [5, 5.41) is 0. The van der Waals surface area contributed by atoms with Crippen LogP contribution in [0, 0.1) is 0 Å². The fourth-order valence-electron chi connectivity index (χ4n) is 2.62. The maximum absolute atomic E-state index is 11.1. The van der Waals surface area contributed by atoms with Gasteiger partial charge in [0.1, 0.15) is 5.76 Å². The zero-order chi connectivity index (χ0) is 14.7. The van der Waals surface area contributed by atoms with Crippen molar-refractivity contribution in [2.24, 2.45) is 5.73 Å². The third-order valence-corrected chi connectivity index (χ3v) is 3.85. The van der Waals surface area contributed by atoms with Gasteiger partial charge in [-0.1, -0.05) is 0 Å². The zero-order valence-corrected chi connectivity index (χ0v) is 11.9. The van der Waals surface area contributed by atoms with Crippen molar-refractivity contribution in [3.8, 4) is 0 Å². The fourth-order valence-corrected chi connectivity index (χ4v) is 2.62. The van der Waals surface area contributed by atoms with E-state index in [9.17, 15) is 4.79 Å². The summed E-state index contributed by atoms with van der Waals surface area (Å²) in [6, 6.07) is 11.4. The number of primary amides is 1. The number of anilines is 1. The van der Waals surface area contributed by atoms with Crippen molar-refractivity contribution < 1.29 is 9.21 Å². The minimum absolute atomic E-state index is 0.384. The van der Waals surface area contributed by atoms with E-state index >= 15 is 0 Å². The molecule has 0 unspecified atom stereocenters. The largest absolute Gasteiger partial charge is 0.468 e. The SMILES string of the molecule is NC(=O)c1ccc(N2CCN(Cc3ccco3)CC2)cc1. The number of amides is 1. The number of hydrogen-bond acceptors (Lipinski definition) is 4. The summed E-state index contributed by atoms with van der Waals surface area (Å²) in [5.41, 5.74) is 6.94. The van der Waals surface area contributed by atoms with Gasteiger partial charge in [-0.3, -0.25) is 9.69 Å². The molecule has 2 N–H and O–H groups in total. The van der Waals surface area contributed by atoms with E-state index in [1.54, 1.807) is 18.4 Å². The molecular weight excluding hydrogens is 266 g/mol. The molecule has 0 aliphatic carbocycles. The van der Waals surface area contributed by atoms with E-state index in [1.165, 1.54) is 0 Å². The van der Waals surface area contributed by atoms with Gasteiger partial charge in [0.15, 0.2) is 0 Å². The van der Waals surface area contributed by atoms with Crippen molar-refractivity contribution in [1.29, 1.82) is 0 Å². The summed E-state index contributed by atoms with van der Waals surface area (Å²) in [6.45, 7) is 4.80. The lowest BCUT2D eigenvalue weighted by molar-refractivity contribution is 0.100. The second-order valence-corrected chi connectivity index (χ2v) is 5.25. The van der Waals surface area contributed by atoms with Gasteiger partial charge in [0.05, 0.1) is 12.8 Å². The lowest BCUT2D eigenvalue weighted by Gasteiger charge is -2.35. The van der Waals surface area contributed by atoms with Crippen LogP contribution in [0.15, 0.2) is 47.1 Å². The van der Waals surface area contributed by atoms with Crippen LogP contribution in [-0.2, 0) is 6.54 Å². The van der Waals surface area contributed by atoms with Crippen molar-refractivity contribution >= 4 is 11.6 Å². The first-order valence-electron chi connectivity index (χ1n) is 7.12. The molecule has 0 saturated carbocycles. The Hall–Kier alpha value is -2.27. The Morgan fingerprint density at radius 2 is 1.81 bits per heavy atom. The minimum Gasteiger partial charge on any atom is -0.468 e. The summed E-state index contributed by atoms with van der Waals surface area (Å²) in [6.07, 6.45) is 1.71. The van der Waals surface area contributed by atoms with Gasteiger partial charge in [-0.25, -0.2) is 0 Å². The first-order valence-corrected chi connectivity index (χ1v) is 7.12. The first-order chi connectivity index (χ1) is 10.2. The molecule has 1 aliphatic heterocycles. The quantitative estimate of drug-likeness (QED) is 0.928. The highest BCUT2D eigenvalue weighted by atomic mass is 16.3. The molecule has 0 spiro atoms. The summed E-state index contributed by atoms with van der Waals surface area (Å²) in [4.78, 5) is 15.8. The third kappa shape index (κ3) is 3.25. The maximum Gasteiger partial charge on any atom is 0.248 e. The highest BCUT2D eigenvalue weighted by Gasteiger charge is 2.18. The van der Waals surface area contributed by atoms with Crippen LogP contribution in [-0.4, -0.2) is 37.0 Å². The predicted octanol–water partition coefficient (Wildman–Crippen LogP) is 1.70. The van der Waals surface area contributed by atoms with E-state index in [0.717, 1.165) is 44.2 Å². The Balaban J connectivity index is 1.56. The van der Waals surface area contributed by atoms with Gasteiger partial charge in [0.2, 0.25) is 5.91 Å². The van der Waals surface area contributed by atoms with Gasteiger partial charge in [0, 0.05) is 37.4 Å². The van der Waals surface area contributed by atoms with Crippen molar-refractivity contribution in [2.45, 2.75) is 6.54 Å². The minimum atomic E-state index is -0.384. The lowest BCUT2D eigenvalue weighted by Crippen LogP contribution is -2.45. The van der Waals surface area contributed by atoms with Crippen LogP contribution < -0.4 is 10.6 Å². The van der Waals surface area contributed by atoms with E-state index in [-0.39, 0.29) is 5.91 Å². The molecule has 0 atom stereocenters. The molecule has 5 nitrogen and oxygen atoms in total. The van der Waals surface area contributed by atoms with Gasteiger partial charge >= 0.3 is 0 Å². The van der Waals surface area contributed by atoms with Crippen LogP contribution in [0.2, 0.25) is 0 Å². The summed E-state index contributed by atoms with van der Waals surface area (Å²) in [5.74, 6) is 0.624. The Morgan fingerprint density at radius 3 is 2.38 bits per heavy atom. The maximum atomic E-state index is 11.1. The summed E-state index contributed by atoms with van der Waals surface area (Å²) in [7, 11) is 0.